The highest BCUT2D eigenvalue weighted by atomic mass is 16.6. The third-order valence-electron chi connectivity index (χ3n) is 7.38. The maximum atomic E-state index is 5.79. The van der Waals surface area contributed by atoms with Gasteiger partial charge in [0.2, 0.25) is 0 Å². The lowest BCUT2D eigenvalue weighted by Crippen LogP contribution is -2.13. The fourth-order valence-corrected chi connectivity index (χ4v) is 4.84. The monoisotopic (exact) mass is 548 g/mol. The van der Waals surface area contributed by atoms with Crippen molar-refractivity contribution >= 4 is 0 Å². The summed E-state index contributed by atoms with van der Waals surface area (Å²) >= 11 is 0. The maximum absolute atomic E-state index is 5.79. The maximum Gasteiger partial charge on any atom is 0.119 e. The highest BCUT2D eigenvalue weighted by molar-refractivity contribution is 5.27. The number of rotatable bonds is 31. The third kappa shape index (κ3) is 25.6. The quantitative estimate of drug-likeness (QED) is 0.0865. The fourth-order valence-electron chi connectivity index (χ4n) is 4.84. The zero-order valence-electron chi connectivity index (χ0n) is 26.0. The summed E-state index contributed by atoms with van der Waals surface area (Å²) in [6.45, 7) is 9.08. The van der Waals surface area contributed by atoms with E-state index in [2.05, 4.69) is 38.1 Å². The van der Waals surface area contributed by atoms with E-state index in [0.29, 0.717) is 39.6 Å². The number of hydrogen-bond acceptors (Lipinski definition) is 4. The van der Waals surface area contributed by atoms with E-state index < -0.39 is 0 Å². The lowest BCUT2D eigenvalue weighted by Gasteiger charge is -2.09. The normalized spacial score (nSPS) is 11.3. The predicted octanol–water partition coefficient (Wildman–Crippen LogP) is 10.1. The number of ether oxygens (including phenoxy) is 4. The van der Waals surface area contributed by atoms with Crippen LogP contribution in [0.25, 0.3) is 0 Å². The molecule has 0 atom stereocenters. The molecule has 0 heterocycles. The molecular formula is C35H64O4. The molecule has 0 saturated carbocycles. The van der Waals surface area contributed by atoms with E-state index in [1.54, 1.807) is 0 Å². The van der Waals surface area contributed by atoms with Crippen LogP contribution in [-0.4, -0.2) is 46.2 Å². The average molecular weight is 549 g/mol. The van der Waals surface area contributed by atoms with Crippen molar-refractivity contribution in [3.05, 3.63) is 29.8 Å². The van der Waals surface area contributed by atoms with Gasteiger partial charge in [-0.05, 0) is 37.0 Å². The second-order valence-corrected chi connectivity index (χ2v) is 11.1. The van der Waals surface area contributed by atoms with Crippen LogP contribution in [0.1, 0.15) is 141 Å². The first kappa shape index (κ1) is 35.9. The number of hydrogen-bond donors (Lipinski definition) is 0. The lowest BCUT2D eigenvalue weighted by molar-refractivity contribution is 0.00878. The van der Waals surface area contributed by atoms with Gasteiger partial charge < -0.3 is 18.9 Å². The first-order chi connectivity index (χ1) is 19.4. The van der Waals surface area contributed by atoms with E-state index in [1.165, 1.54) is 134 Å². The first-order valence-electron chi connectivity index (χ1n) is 16.8. The van der Waals surface area contributed by atoms with Gasteiger partial charge in [-0.2, -0.15) is 0 Å². The van der Waals surface area contributed by atoms with Crippen LogP contribution in [-0.2, 0) is 20.6 Å². The molecule has 0 amide bonds. The predicted molar refractivity (Wildman–Crippen MR) is 167 cm³/mol. The minimum atomic E-state index is 0.568. The molecule has 1 rings (SSSR count). The van der Waals surface area contributed by atoms with E-state index in [9.17, 15) is 0 Å². The van der Waals surface area contributed by atoms with Crippen LogP contribution in [0, 0.1) is 0 Å². The summed E-state index contributed by atoms with van der Waals surface area (Å²) in [6.07, 6.45) is 27.2. The van der Waals surface area contributed by atoms with E-state index in [0.717, 1.165) is 12.4 Å². The van der Waals surface area contributed by atoms with Gasteiger partial charge in [0.25, 0.3) is 0 Å². The Morgan fingerprint density at radius 2 is 0.769 bits per heavy atom. The minimum absolute atomic E-state index is 0.568. The molecule has 1 aromatic carbocycles. The van der Waals surface area contributed by atoms with Gasteiger partial charge in [-0.15, -0.1) is 0 Å². The van der Waals surface area contributed by atoms with Gasteiger partial charge >= 0.3 is 0 Å². The molecule has 0 radical (unpaired) electrons. The summed E-state index contributed by atoms with van der Waals surface area (Å²) in [5.41, 5.74) is 1.40. The first-order valence-corrected chi connectivity index (χ1v) is 16.8. The van der Waals surface area contributed by atoms with E-state index in [-0.39, 0.29) is 0 Å². The topological polar surface area (TPSA) is 36.9 Å². The van der Waals surface area contributed by atoms with Gasteiger partial charge in [0.1, 0.15) is 12.4 Å². The molecule has 228 valence electrons. The molecule has 0 aromatic heterocycles. The summed E-state index contributed by atoms with van der Waals surface area (Å²) in [4.78, 5) is 0. The number of benzene rings is 1. The van der Waals surface area contributed by atoms with Crippen molar-refractivity contribution in [2.45, 2.75) is 142 Å². The Morgan fingerprint density at radius 1 is 0.385 bits per heavy atom. The van der Waals surface area contributed by atoms with Gasteiger partial charge in [-0.1, -0.05) is 135 Å². The molecule has 0 saturated heterocycles. The molecular weight excluding hydrogens is 484 g/mol. The van der Waals surface area contributed by atoms with Gasteiger partial charge in [-0.25, -0.2) is 0 Å². The number of unbranched alkanes of at least 4 members (excludes halogenated alkanes) is 17. The van der Waals surface area contributed by atoms with Crippen molar-refractivity contribution in [2.75, 3.05) is 46.2 Å². The molecule has 0 aliphatic heterocycles. The van der Waals surface area contributed by atoms with E-state index in [4.69, 9.17) is 18.9 Å². The number of aryl methyl sites for hydroxylation is 1. The van der Waals surface area contributed by atoms with Crippen LogP contribution < -0.4 is 4.74 Å². The standard InChI is InChI=1S/C35H64O4/c1-3-5-7-9-11-12-13-14-15-16-17-19-21-27-36-28-29-37-30-31-38-32-33-39-35-25-23-34(24-26-35)22-20-18-10-8-6-4-2/h23-26H,3-22,27-33H2,1-2H3. The van der Waals surface area contributed by atoms with Crippen molar-refractivity contribution in [3.8, 4) is 5.75 Å². The highest BCUT2D eigenvalue weighted by Crippen LogP contribution is 2.15. The summed E-state index contributed by atoms with van der Waals surface area (Å²) in [5, 5.41) is 0. The SMILES string of the molecule is CCCCCCCCCCCCCCCOCCOCCOCCOc1ccc(CCCCCCCC)cc1. The smallest absolute Gasteiger partial charge is 0.119 e. The van der Waals surface area contributed by atoms with Crippen LogP contribution in [0.5, 0.6) is 5.75 Å². The van der Waals surface area contributed by atoms with Crippen LogP contribution >= 0.6 is 0 Å². The summed E-state index contributed by atoms with van der Waals surface area (Å²) in [7, 11) is 0. The fraction of sp³-hybridized carbons (Fsp3) is 0.829. The van der Waals surface area contributed by atoms with Gasteiger partial charge in [0.15, 0.2) is 0 Å². The van der Waals surface area contributed by atoms with Gasteiger partial charge in [0.05, 0.1) is 33.0 Å². The lowest BCUT2D eigenvalue weighted by atomic mass is 10.0. The Bertz CT molecular complexity index is 589. The Kier molecular flexibility index (Phi) is 27.5. The van der Waals surface area contributed by atoms with E-state index in [1.807, 2.05) is 0 Å². The molecule has 0 aliphatic carbocycles. The molecule has 0 bridgehead atoms. The average Bonchev–Trinajstić information content (AvgIpc) is 2.96. The Balaban J connectivity index is 1.75. The second kappa shape index (κ2) is 29.9. The molecule has 0 fully saturated rings. The van der Waals surface area contributed by atoms with E-state index >= 15 is 0 Å². The van der Waals surface area contributed by atoms with Crippen molar-refractivity contribution in [1.82, 2.24) is 0 Å². The molecule has 39 heavy (non-hydrogen) atoms. The Hall–Kier alpha value is -1.10. The largest absolute Gasteiger partial charge is 0.491 e. The molecule has 0 spiro atoms. The Labute approximate surface area is 242 Å². The molecule has 0 unspecified atom stereocenters. The van der Waals surface area contributed by atoms with Gasteiger partial charge in [0, 0.05) is 6.61 Å². The van der Waals surface area contributed by atoms with Crippen molar-refractivity contribution in [2.24, 2.45) is 0 Å². The molecule has 0 N–H and O–H groups in total. The zero-order valence-corrected chi connectivity index (χ0v) is 26.0. The highest BCUT2D eigenvalue weighted by Gasteiger charge is 1.99. The second-order valence-electron chi connectivity index (χ2n) is 11.1. The third-order valence-corrected chi connectivity index (χ3v) is 7.38. The molecule has 0 aliphatic rings. The van der Waals surface area contributed by atoms with Crippen molar-refractivity contribution in [3.63, 3.8) is 0 Å². The summed E-state index contributed by atoms with van der Waals surface area (Å²) < 4.78 is 22.7. The zero-order chi connectivity index (χ0) is 27.9. The Morgan fingerprint density at radius 3 is 1.26 bits per heavy atom. The molecule has 4 heteroatoms. The summed E-state index contributed by atoms with van der Waals surface area (Å²) in [5.74, 6) is 0.919. The molecule has 1 aromatic rings. The van der Waals surface area contributed by atoms with Crippen LogP contribution in [0.2, 0.25) is 0 Å². The van der Waals surface area contributed by atoms with Crippen LogP contribution in [0.15, 0.2) is 24.3 Å². The van der Waals surface area contributed by atoms with Crippen molar-refractivity contribution in [1.29, 1.82) is 0 Å². The van der Waals surface area contributed by atoms with Crippen molar-refractivity contribution < 1.29 is 18.9 Å². The van der Waals surface area contributed by atoms with Gasteiger partial charge in [-0.3, -0.25) is 0 Å². The minimum Gasteiger partial charge on any atom is -0.491 e. The summed E-state index contributed by atoms with van der Waals surface area (Å²) in [6, 6.07) is 8.54. The van der Waals surface area contributed by atoms with Crippen LogP contribution in [0.3, 0.4) is 0 Å². The molecule has 4 nitrogen and oxygen atoms in total. The van der Waals surface area contributed by atoms with Crippen LogP contribution in [0.4, 0.5) is 0 Å².